The van der Waals surface area contributed by atoms with Crippen LogP contribution in [0.5, 0.6) is 0 Å². The molecule has 0 radical (unpaired) electrons. The number of amides is 1. The molecule has 1 heterocycles. The van der Waals surface area contributed by atoms with Gasteiger partial charge in [-0.15, -0.1) is 0 Å². The third-order valence-corrected chi connectivity index (χ3v) is 5.66. The van der Waals surface area contributed by atoms with Crippen LogP contribution in [0.4, 0.5) is 18.9 Å². The number of para-hydroxylation sites is 1. The third kappa shape index (κ3) is 3.32. The SMILES string of the molecule is O=C1c2ccccc2SC(c2cccc(C(F)(F)F)c2)N1c1ccccc1. The molecule has 0 bridgehead atoms. The van der Waals surface area contributed by atoms with Gasteiger partial charge in [-0.1, -0.05) is 54.2 Å². The van der Waals surface area contributed by atoms with E-state index in [1.165, 1.54) is 17.8 Å². The second kappa shape index (κ2) is 6.78. The first-order chi connectivity index (χ1) is 12.9. The highest BCUT2D eigenvalue weighted by Crippen LogP contribution is 2.47. The van der Waals surface area contributed by atoms with Crippen LogP contribution in [0.15, 0.2) is 83.8 Å². The Morgan fingerprint density at radius 1 is 0.852 bits per heavy atom. The number of anilines is 1. The number of rotatable bonds is 2. The van der Waals surface area contributed by atoms with Crippen molar-refractivity contribution < 1.29 is 18.0 Å². The first kappa shape index (κ1) is 17.7. The Labute approximate surface area is 158 Å². The number of carbonyl (C=O) groups is 1. The lowest BCUT2D eigenvalue weighted by Gasteiger charge is -2.36. The van der Waals surface area contributed by atoms with E-state index in [-0.39, 0.29) is 5.91 Å². The molecule has 27 heavy (non-hydrogen) atoms. The third-order valence-electron chi connectivity index (χ3n) is 4.34. The molecule has 1 unspecified atom stereocenters. The molecule has 2 nitrogen and oxygen atoms in total. The molecule has 0 saturated heterocycles. The monoisotopic (exact) mass is 385 g/mol. The lowest BCUT2D eigenvalue weighted by Crippen LogP contribution is -2.36. The Balaban J connectivity index is 1.86. The second-order valence-corrected chi connectivity index (χ2v) is 7.22. The number of nitrogens with zero attached hydrogens (tertiary/aromatic N) is 1. The highest BCUT2D eigenvalue weighted by atomic mass is 32.2. The van der Waals surface area contributed by atoms with Gasteiger partial charge in [0.25, 0.3) is 5.91 Å². The fourth-order valence-electron chi connectivity index (χ4n) is 3.08. The Kier molecular flexibility index (Phi) is 4.44. The van der Waals surface area contributed by atoms with Crippen LogP contribution in [0.1, 0.15) is 26.9 Å². The van der Waals surface area contributed by atoms with E-state index in [9.17, 15) is 18.0 Å². The van der Waals surface area contributed by atoms with E-state index >= 15 is 0 Å². The topological polar surface area (TPSA) is 20.3 Å². The van der Waals surface area contributed by atoms with Crippen LogP contribution >= 0.6 is 11.8 Å². The molecule has 0 saturated carbocycles. The maximum absolute atomic E-state index is 13.2. The van der Waals surface area contributed by atoms with E-state index in [1.54, 1.807) is 47.4 Å². The number of hydrogen-bond donors (Lipinski definition) is 0. The van der Waals surface area contributed by atoms with Crippen LogP contribution in [-0.4, -0.2) is 5.91 Å². The molecule has 136 valence electrons. The molecular weight excluding hydrogens is 371 g/mol. The molecule has 1 amide bonds. The summed E-state index contributed by atoms with van der Waals surface area (Å²) in [6, 6.07) is 21.3. The Hall–Kier alpha value is -2.73. The molecule has 1 atom stereocenters. The van der Waals surface area contributed by atoms with Gasteiger partial charge < -0.3 is 0 Å². The van der Waals surface area contributed by atoms with E-state index in [4.69, 9.17) is 0 Å². The Morgan fingerprint density at radius 2 is 1.56 bits per heavy atom. The van der Waals surface area contributed by atoms with Gasteiger partial charge in [0.05, 0.1) is 11.1 Å². The van der Waals surface area contributed by atoms with Crippen molar-refractivity contribution >= 4 is 23.4 Å². The van der Waals surface area contributed by atoms with Crippen LogP contribution in [0.25, 0.3) is 0 Å². The average Bonchev–Trinajstić information content (AvgIpc) is 2.68. The van der Waals surface area contributed by atoms with Gasteiger partial charge in [0.1, 0.15) is 5.37 Å². The van der Waals surface area contributed by atoms with Crippen LogP contribution in [0, 0.1) is 0 Å². The van der Waals surface area contributed by atoms with Crippen molar-refractivity contribution in [1.29, 1.82) is 0 Å². The highest BCUT2D eigenvalue weighted by molar-refractivity contribution is 7.99. The van der Waals surface area contributed by atoms with Crippen molar-refractivity contribution in [2.45, 2.75) is 16.4 Å². The summed E-state index contributed by atoms with van der Waals surface area (Å²) in [4.78, 5) is 15.5. The van der Waals surface area contributed by atoms with E-state index < -0.39 is 17.1 Å². The Bertz CT molecular complexity index is 988. The second-order valence-electron chi connectivity index (χ2n) is 6.10. The van der Waals surface area contributed by atoms with Crippen LogP contribution < -0.4 is 4.90 Å². The minimum atomic E-state index is -4.44. The zero-order valence-electron chi connectivity index (χ0n) is 14.0. The summed E-state index contributed by atoms with van der Waals surface area (Å²) in [5.74, 6) is -0.224. The lowest BCUT2D eigenvalue weighted by atomic mass is 10.1. The molecule has 0 aromatic heterocycles. The molecule has 3 aromatic rings. The van der Waals surface area contributed by atoms with E-state index in [1.807, 2.05) is 18.2 Å². The van der Waals surface area contributed by atoms with Crippen LogP contribution in [0.2, 0.25) is 0 Å². The van der Waals surface area contributed by atoms with Gasteiger partial charge in [-0.05, 0) is 42.0 Å². The van der Waals surface area contributed by atoms with Crippen molar-refractivity contribution in [3.63, 3.8) is 0 Å². The minimum absolute atomic E-state index is 0.224. The molecule has 0 N–H and O–H groups in total. The van der Waals surface area contributed by atoms with Gasteiger partial charge in [0, 0.05) is 10.6 Å². The molecule has 4 rings (SSSR count). The number of hydrogen-bond acceptors (Lipinski definition) is 2. The minimum Gasteiger partial charge on any atom is -0.291 e. The Morgan fingerprint density at radius 3 is 2.30 bits per heavy atom. The number of benzene rings is 3. The summed E-state index contributed by atoms with van der Waals surface area (Å²) in [7, 11) is 0. The van der Waals surface area contributed by atoms with Crippen molar-refractivity contribution in [2.24, 2.45) is 0 Å². The summed E-state index contributed by atoms with van der Waals surface area (Å²) in [5.41, 5.74) is 0.906. The largest absolute Gasteiger partial charge is 0.416 e. The number of fused-ring (bicyclic) bond motifs is 1. The van der Waals surface area contributed by atoms with Gasteiger partial charge in [0.15, 0.2) is 0 Å². The number of halogens is 3. The van der Waals surface area contributed by atoms with E-state index in [2.05, 4.69) is 0 Å². The van der Waals surface area contributed by atoms with Gasteiger partial charge >= 0.3 is 6.18 Å². The van der Waals surface area contributed by atoms with Crippen molar-refractivity contribution in [3.05, 3.63) is 95.6 Å². The molecule has 1 aliphatic heterocycles. The first-order valence-corrected chi connectivity index (χ1v) is 9.14. The lowest BCUT2D eigenvalue weighted by molar-refractivity contribution is -0.137. The summed E-state index contributed by atoms with van der Waals surface area (Å²) in [6.07, 6.45) is -4.44. The molecule has 1 aliphatic rings. The van der Waals surface area contributed by atoms with Gasteiger partial charge in [-0.2, -0.15) is 13.2 Å². The molecule has 3 aromatic carbocycles. The number of carbonyl (C=O) groups excluding carboxylic acids is 1. The predicted molar refractivity (Wildman–Crippen MR) is 99.7 cm³/mol. The molecule has 0 fully saturated rings. The van der Waals surface area contributed by atoms with Crippen molar-refractivity contribution in [1.82, 2.24) is 0 Å². The maximum atomic E-state index is 13.2. The van der Waals surface area contributed by atoms with Gasteiger partial charge in [0.2, 0.25) is 0 Å². The molecule has 0 aliphatic carbocycles. The van der Waals surface area contributed by atoms with Crippen LogP contribution in [-0.2, 0) is 6.18 Å². The van der Waals surface area contributed by atoms with Crippen LogP contribution in [0.3, 0.4) is 0 Å². The van der Waals surface area contributed by atoms with Crippen molar-refractivity contribution in [2.75, 3.05) is 4.90 Å². The fourth-order valence-corrected chi connectivity index (χ4v) is 4.37. The average molecular weight is 385 g/mol. The van der Waals surface area contributed by atoms with E-state index in [0.717, 1.165) is 17.0 Å². The maximum Gasteiger partial charge on any atom is 0.416 e. The summed E-state index contributed by atoms with van der Waals surface area (Å²) < 4.78 is 39.6. The molecule has 0 spiro atoms. The highest BCUT2D eigenvalue weighted by Gasteiger charge is 2.37. The first-order valence-electron chi connectivity index (χ1n) is 8.26. The zero-order valence-corrected chi connectivity index (χ0v) is 14.8. The predicted octanol–water partition coefficient (Wildman–Crippen LogP) is 6.16. The van der Waals surface area contributed by atoms with Gasteiger partial charge in [-0.3, -0.25) is 9.69 Å². The zero-order chi connectivity index (χ0) is 19.0. The normalized spacial score (nSPS) is 16.9. The number of alkyl halides is 3. The quantitative estimate of drug-likeness (QED) is 0.527. The van der Waals surface area contributed by atoms with Crippen molar-refractivity contribution in [3.8, 4) is 0 Å². The molecular formula is C21H14F3NOS. The standard InChI is InChI=1S/C21H14F3NOS/c22-21(23,24)15-8-6-7-14(13-15)20-25(16-9-2-1-3-10-16)19(26)17-11-4-5-12-18(17)27-20/h1-13,20H. The summed E-state index contributed by atoms with van der Waals surface area (Å²) in [6.45, 7) is 0. The summed E-state index contributed by atoms with van der Waals surface area (Å²) in [5, 5.41) is -0.586. The van der Waals surface area contributed by atoms with Gasteiger partial charge in [-0.25, -0.2) is 0 Å². The fraction of sp³-hybridized carbons (Fsp3) is 0.0952. The van der Waals surface area contributed by atoms with E-state index in [0.29, 0.717) is 16.8 Å². The summed E-state index contributed by atoms with van der Waals surface area (Å²) >= 11 is 1.37. The number of thioether (sulfide) groups is 1. The smallest absolute Gasteiger partial charge is 0.291 e. The molecule has 6 heteroatoms.